The van der Waals surface area contributed by atoms with Crippen molar-refractivity contribution in [2.24, 2.45) is 12.0 Å². The number of hydrogen-bond donors (Lipinski definition) is 0. The molecule has 3 aromatic rings. The van der Waals surface area contributed by atoms with Gasteiger partial charge in [0.15, 0.2) is 0 Å². The van der Waals surface area contributed by atoms with Crippen molar-refractivity contribution in [1.29, 1.82) is 0 Å². The molecule has 22 heavy (non-hydrogen) atoms. The summed E-state index contributed by atoms with van der Waals surface area (Å²) in [5.74, 6) is 0. The zero-order valence-electron chi connectivity index (χ0n) is 12.5. The molecule has 0 saturated carbocycles. The summed E-state index contributed by atoms with van der Waals surface area (Å²) in [6.45, 7) is 2.14. The molecule has 0 spiro atoms. The van der Waals surface area contributed by atoms with Crippen molar-refractivity contribution in [2.45, 2.75) is 13.3 Å². The van der Waals surface area contributed by atoms with Crippen LogP contribution < -0.4 is 4.80 Å². The lowest BCUT2D eigenvalue weighted by Crippen LogP contribution is -2.10. The fraction of sp³-hybridized carbons (Fsp3) is 0.176. The van der Waals surface area contributed by atoms with Crippen molar-refractivity contribution < 1.29 is 0 Å². The molecular weight excluding hydrogens is 314 g/mol. The van der Waals surface area contributed by atoms with Gasteiger partial charge in [-0.05, 0) is 36.2 Å². The van der Waals surface area contributed by atoms with Crippen LogP contribution in [0.1, 0.15) is 12.5 Å². The molecule has 3 rings (SSSR count). The van der Waals surface area contributed by atoms with Gasteiger partial charge in [-0.3, -0.25) is 0 Å². The molecule has 0 N–H and O–H groups in total. The highest BCUT2D eigenvalue weighted by Gasteiger charge is 2.05. The number of hydrogen-bond acceptors (Lipinski definition) is 3. The largest absolute Gasteiger partial charge is 0.241 e. The number of aromatic nitrogens is 2. The van der Waals surface area contributed by atoms with Crippen LogP contribution in [0.5, 0.6) is 0 Å². The monoisotopic (exact) mass is 329 g/mol. The molecule has 1 aromatic heterocycles. The topological polar surface area (TPSA) is 30.2 Å². The first kappa shape index (κ1) is 15.0. The molecule has 0 radical (unpaired) electrons. The van der Waals surface area contributed by atoms with Crippen LogP contribution >= 0.6 is 22.9 Å². The average molecular weight is 330 g/mol. The number of nitrogens with zero attached hydrogens (tertiary/aromatic N) is 3. The Hall–Kier alpha value is -1.91. The van der Waals surface area contributed by atoms with E-state index in [1.54, 1.807) is 11.3 Å². The van der Waals surface area contributed by atoms with Gasteiger partial charge in [-0.25, -0.2) is 9.67 Å². The van der Waals surface area contributed by atoms with E-state index in [2.05, 4.69) is 24.2 Å². The first-order chi connectivity index (χ1) is 10.7. The first-order valence-corrected chi connectivity index (χ1v) is 8.29. The molecule has 0 aliphatic carbocycles. The van der Waals surface area contributed by atoms with Gasteiger partial charge in [0.05, 0.1) is 5.69 Å². The van der Waals surface area contributed by atoms with Crippen LogP contribution in [-0.2, 0) is 13.5 Å². The lowest BCUT2D eigenvalue weighted by molar-refractivity contribution is 0.732. The van der Waals surface area contributed by atoms with Gasteiger partial charge in [0, 0.05) is 17.6 Å². The van der Waals surface area contributed by atoms with Gasteiger partial charge in [-0.1, -0.05) is 54.1 Å². The van der Waals surface area contributed by atoms with Crippen molar-refractivity contribution >= 4 is 28.6 Å². The molecule has 2 aromatic carbocycles. The zero-order chi connectivity index (χ0) is 15.5. The number of aryl methyl sites for hydroxylation is 2. The minimum Gasteiger partial charge on any atom is -0.241 e. The van der Waals surface area contributed by atoms with Crippen LogP contribution in [0, 0.1) is 0 Å². The van der Waals surface area contributed by atoms with E-state index >= 15 is 0 Å². The molecule has 0 fully saturated rings. The molecule has 1 heterocycles. The van der Waals surface area contributed by atoms with Crippen LogP contribution in [0.4, 0.5) is 5.69 Å². The normalized spacial score (nSPS) is 11.9. The maximum atomic E-state index is 5.93. The molecule has 3 nitrogen and oxygen atoms in total. The van der Waals surface area contributed by atoms with E-state index in [9.17, 15) is 0 Å². The lowest BCUT2D eigenvalue weighted by Gasteiger charge is -1.97. The number of benzene rings is 2. The van der Waals surface area contributed by atoms with Crippen molar-refractivity contribution in [3.05, 3.63) is 63.9 Å². The SMILES string of the molecule is CCc1cccc(/N=c2/sc(-c3ccc(Cl)cc3)nn2C)c1. The summed E-state index contributed by atoms with van der Waals surface area (Å²) in [7, 11) is 1.92. The van der Waals surface area contributed by atoms with Crippen LogP contribution in [0.15, 0.2) is 53.5 Å². The van der Waals surface area contributed by atoms with E-state index in [1.165, 1.54) is 5.56 Å². The smallest absolute Gasteiger partial charge is 0.208 e. The third-order valence-electron chi connectivity index (χ3n) is 3.34. The minimum absolute atomic E-state index is 0.728. The second kappa shape index (κ2) is 6.46. The summed E-state index contributed by atoms with van der Waals surface area (Å²) in [5.41, 5.74) is 3.29. The molecule has 0 aliphatic rings. The Labute approximate surface area is 138 Å². The van der Waals surface area contributed by atoms with Crippen LogP contribution in [0.3, 0.4) is 0 Å². The van der Waals surface area contributed by atoms with E-state index in [0.29, 0.717) is 0 Å². The second-order valence-electron chi connectivity index (χ2n) is 4.96. The van der Waals surface area contributed by atoms with Crippen molar-refractivity contribution in [1.82, 2.24) is 9.78 Å². The molecule has 5 heteroatoms. The van der Waals surface area contributed by atoms with Crippen molar-refractivity contribution in [3.8, 4) is 10.6 Å². The maximum absolute atomic E-state index is 5.93. The molecule has 0 atom stereocenters. The highest BCUT2D eigenvalue weighted by molar-refractivity contribution is 7.12. The van der Waals surface area contributed by atoms with Crippen LogP contribution in [0.2, 0.25) is 5.02 Å². The number of halogens is 1. The molecule has 0 aliphatic heterocycles. The van der Waals surface area contributed by atoms with E-state index in [-0.39, 0.29) is 0 Å². The quantitative estimate of drug-likeness (QED) is 0.690. The van der Waals surface area contributed by atoms with Crippen LogP contribution in [0.25, 0.3) is 10.6 Å². The highest BCUT2D eigenvalue weighted by Crippen LogP contribution is 2.22. The van der Waals surface area contributed by atoms with Crippen molar-refractivity contribution in [2.75, 3.05) is 0 Å². The van der Waals surface area contributed by atoms with Gasteiger partial charge in [0.1, 0.15) is 5.01 Å². The van der Waals surface area contributed by atoms with Gasteiger partial charge in [0.2, 0.25) is 4.80 Å². The molecule has 0 amide bonds. The molecule has 0 bridgehead atoms. The third-order valence-corrected chi connectivity index (χ3v) is 4.64. The summed E-state index contributed by atoms with van der Waals surface area (Å²) in [6, 6.07) is 16.0. The van der Waals surface area contributed by atoms with Gasteiger partial charge in [-0.2, -0.15) is 5.10 Å². The second-order valence-corrected chi connectivity index (χ2v) is 6.35. The highest BCUT2D eigenvalue weighted by atomic mass is 35.5. The van der Waals surface area contributed by atoms with E-state index in [1.807, 2.05) is 48.1 Å². The summed E-state index contributed by atoms with van der Waals surface area (Å²) in [4.78, 5) is 5.58. The summed E-state index contributed by atoms with van der Waals surface area (Å²) in [5, 5.41) is 6.21. The lowest BCUT2D eigenvalue weighted by atomic mass is 10.1. The first-order valence-electron chi connectivity index (χ1n) is 7.09. The van der Waals surface area contributed by atoms with E-state index < -0.39 is 0 Å². The Bertz CT molecular complexity index is 847. The average Bonchev–Trinajstić information content (AvgIpc) is 2.89. The maximum Gasteiger partial charge on any atom is 0.208 e. The molecule has 0 saturated heterocycles. The van der Waals surface area contributed by atoms with Gasteiger partial charge in [-0.15, -0.1) is 0 Å². The standard InChI is InChI=1S/C17H16ClN3S/c1-3-12-5-4-6-15(11-12)19-17-21(2)20-16(22-17)13-7-9-14(18)10-8-13/h4-11H,3H2,1-2H3/b19-17+. The van der Waals surface area contributed by atoms with Crippen molar-refractivity contribution in [3.63, 3.8) is 0 Å². The van der Waals surface area contributed by atoms with E-state index in [0.717, 1.165) is 32.5 Å². The van der Waals surface area contributed by atoms with Gasteiger partial charge in [0.25, 0.3) is 0 Å². The molecule has 112 valence electrons. The van der Waals surface area contributed by atoms with Gasteiger partial charge >= 0.3 is 0 Å². The van der Waals surface area contributed by atoms with Gasteiger partial charge < -0.3 is 0 Å². The predicted octanol–water partition coefficient (Wildman–Crippen LogP) is 4.60. The molecular formula is C17H16ClN3S. The number of rotatable bonds is 3. The fourth-order valence-corrected chi connectivity index (χ4v) is 3.15. The third kappa shape index (κ3) is 3.29. The Morgan fingerprint density at radius 1 is 1.18 bits per heavy atom. The Balaban J connectivity index is 2.01. The minimum atomic E-state index is 0.728. The fourth-order valence-electron chi connectivity index (χ4n) is 2.11. The summed E-state index contributed by atoms with van der Waals surface area (Å²) >= 11 is 7.50. The zero-order valence-corrected chi connectivity index (χ0v) is 14.0. The Morgan fingerprint density at radius 3 is 2.68 bits per heavy atom. The van der Waals surface area contributed by atoms with Crippen LogP contribution in [-0.4, -0.2) is 9.78 Å². The summed E-state index contributed by atoms with van der Waals surface area (Å²) in [6.07, 6.45) is 1.01. The Kier molecular flexibility index (Phi) is 4.41. The predicted molar refractivity (Wildman–Crippen MR) is 92.6 cm³/mol. The summed E-state index contributed by atoms with van der Waals surface area (Å²) < 4.78 is 1.81. The Morgan fingerprint density at radius 2 is 1.95 bits per heavy atom. The van der Waals surface area contributed by atoms with E-state index in [4.69, 9.17) is 16.6 Å². The molecule has 0 unspecified atom stereocenters.